The van der Waals surface area contributed by atoms with Gasteiger partial charge in [-0.25, -0.2) is 0 Å². The minimum absolute atomic E-state index is 0.155. The Hall–Kier alpha value is -1.72. The average Bonchev–Trinajstić information content (AvgIpc) is 2.07. The summed E-state index contributed by atoms with van der Waals surface area (Å²) in [6.45, 7) is 0. The Balaban J connectivity index is 3.47. The van der Waals surface area contributed by atoms with Gasteiger partial charge in [0.15, 0.2) is 17.8 Å². The molecule has 1 aromatic rings. The molecule has 0 aliphatic carbocycles. The highest BCUT2D eigenvalue weighted by Gasteiger charge is 2.35. The van der Waals surface area contributed by atoms with Crippen LogP contribution >= 0.6 is 0 Å². The van der Waals surface area contributed by atoms with Crippen molar-refractivity contribution in [2.75, 3.05) is 0 Å². The van der Waals surface area contributed by atoms with Crippen LogP contribution in [0, 0.1) is 0 Å². The molecule has 0 fully saturated rings. The van der Waals surface area contributed by atoms with E-state index in [2.05, 4.69) is 0 Å². The first-order valence-electron chi connectivity index (χ1n) is 3.45. The fraction of sp³-hybridized carbons (Fsp3) is 0.125. The van der Waals surface area contributed by atoms with Gasteiger partial charge in [-0.05, 0) is 12.1 Å². The zero-order valence-corrected chi connectivity index (χ0v) is 6.67. The molecule has 1 aromatic carbocycles. The Morgan fingerprint density at radius 2 is 1.79 bits per heavy atom. The number of carbonyl (C=O) groups excluding carboxylic acids is 1. The van der Waals surface area contributed by atoms with E-state index in [-0.39, 0.29) is 6.29 Å². The molecule has 6 heteroatoms. The molecule has 14 heavy (non-hydrogen) atoms. The summed E-state index contributed by atoms with van der Waals surface area (Å²) in [5.74, 6) is -1.82. The standard InChI is InChI=1S/C8H5F3O3/c9-8(10,11)5-1-2-6(13)7(14)4(5)3-12/h1-3,13-14H. The maximum Gasteiger partial charge on any atom is 0.417 e. The zero-order valence-electron chi connectivity index (χ0n) is 6.67. The topological polar surface area (TPSA) is 57.5 Å². The van der Waals surface area contributed by atoms with Crippen LogP contribution in [0.3, 0.4) is 0 Å². The lowest BCUT2D eigenvalue weighted by atomic mass is 10.1. The van der Waals surface area contributed by atoms with Crippen molar-refractivity contribution in [2.45, 2.75) is 6.18 Å². The van der Waals surface area contributed by atoms with E-state index in [1.54, 1.807) is 0 Å². The molecule has 0 heterocycles. The van der Waals surface area contributed by atoms with Gasteiger partial charge in [0.25, 0.3) is 0 Å². The van der Waals surface area contributed by atoms with Gasteiger partial charge in [0.2, 0.25) is 0 Å². The van der Waals surface area contributed by atoms with E-state index in [0.717, 1.165) is 0 Å². The van der Waals surface area contributed by atoms with Crippen LogP contribution in [0.2, 0.25) is 0 Å². The van der Waals surface area contributed by atoms with Gasteiger partial charge in [0.1, 0.15) is 0 Å². The zero-order chi connectivity index (χ0) is 10.9. The summed E-state index contributed by atoms with van der Waals surface area (Å²) in [4.78, 5) is 10.3. The molecule has 1 rings (SSSR count). The van der Waals surface area contributed by atoms with Crippen LogP contribution in [0.1, 0.15) is 15.9 Å². The quantitative estimate of drug-likeness (QED) is 0.545. The maximum atomic E-state index is 12.2. The number of hydrogen-bond acceptors (Lipinski definition) is 3. The van der Waals surface area contributed by atoms with Gasteiger partial charge in [-0.1, -0.05) is 0 Å². The fourth-order valence-electron chi connectivity index (χ4n) is 0.963. The molecule has 3 nitrogen and oxygen atoms in total. The normalized spacial score (nSPS) is 11.4. The van der Waals surface area contributed by atoms with Crippen molar-refractivity contribution < 1.29 is 28.2 Å². The van der Waals surface area contributed by atoms with E-state index in [1.165, 1.54) is 0 Å². The van der Waals surface area contributed by atoms with E-state index >= 15 is 0 Å². The Bertz CT molecular complexity index is 371. The number of rotatable bonds is 1. The van der Waals surface area contributed by atoms with Crippen molar-refractivity contribution in [3.63, 3.8) is 0 Å². The Labute approximate surface area is 76.4 Å². The molecule has 0 atom stereocenters. The van der Waals surface area contributed by atoms with Gasteiger partial charge < -0.3 is 10.2 Å². The van der Waals surface area contributed by atoms with Crippen LogP contribution < -0.4 is 0 Å². The molecule has 0 saturated heterocycles. The van der Waals surface area contributed by atoms with E-state index in [1.807, 2.05) is 0 Å². The third-order valence-corrected chi connectivity index (χ3v) is 1.62. The minimum Gasteiger partial charge on any atom is -0.504 e. The largest absolute Gasteiger partial charge is 0.504 e. The Morgan fingerprint density at radius 3 is 2.21 bits per heavy atom. The summed E-state index contributed by atoms with van der Waals surface area (Å²) in [7, 11) is 0. The van der Waals surface area contributed by atoms with Crippen molar-refractivity contribution in [3.8, 4) is 11.5 Å². The smallest absolute Gasteiger partial charge is 0.417 e. The highest BCUT2D eigenvalue weighted by molar-refractivity contribution is 5.83. The van der Waals surface area contributed by atoms with E-state index in [9.17, 15) is 18.0 Å². The highest BCUT2D eigenvalue weighted by Crippen LogP contribution is 2.38. The molecule has 76 valence electrons. The second-order valence-corrected chi connectivity index (χ2v) is 2.51. The van der Waals surface area contributed by atoms with Crippen LogP contribution in [0.15, 0.2) is 12.1 Å². The molecule has 0 spiro atoms. The second kappa shape index (κ2) is 3.21. The third kappa shape index (κ3) is 1.63. The summed E-state index contributed by atoms with van der Waals surface area (Å²) >= 11 is 0. The van der Waals surface area contributed by atoms with Crippen molar-refractivity contribution in [1.29, 1.82) is 0 Å². The van der Waals surface area contributed by atoms with Crippen molar-refractivity contribution >= 4 is 6.29 Å². The minimum atomic E-state index is -4.73. The van der Waals surface area contributed by atoms with E-state index < -0.39 is 28.8 Å². The monoisotopic (exact) mass is 206 g/mol. The second-order valence-electron chi connectivity index (χ2n) is 2.51. The van der Waals surface area contributed by atoms with E-state index in [0.29, 0.717) is 12.1 Å². The number of carbonyl (C=O) groups is 1. The van der Waals surface area contributed by atoms with E-state index in [4.69, 9.17) is 10.2 Å². The SMILES string of the molecule is O=Cc1c(C(F)(F)F)ccc(O)c1O. The predicted molar refractivity (Wildman–Crippen MR) is 40.2 cm³/mol. The Morgan fingerprint density at radius 1 is 1.21 bits per heavy atom. The lowest BCUT2D eigenvalue weighted by molar-refractivity contribution is -0.138. The number of alkyl halides is 3. The van der Waals surface area contributed by atoms with Gasteiger partial charge in [-0.15, -0.1) is 0 Å². The van der Waals surface area contributed by atoms with Crippen molar-refractivity contribution in [3.05, 3.63) is 23.3 Å². The molecular weight excluding hydrogens is 201 g/mol. The Kier molecular flexibility index (Phi) is 2.37. The van der Waals surface area contributed by atoms with Gasteiger partial charge in [0.05, 0.1) is 11.1 Å². The maximum absolute atomic E-state index is 12.2. The van der Waals surface area contributed by atoms with Crippen LogP contribution in [0.4, 0.5) is 13.2 Å². The first-order valence-corrected chi connectivity index (χ1v) is 3.45. The molecule has 0 amide bonds. The first-order chi connectivity index (χ1) is 6.38. The molecule has 0 aliphatic rings. The lowest BCUT2D eigenvalue weighted by Crippen LogP contribution is -2.08. The molecule has 0 radical (unpaired) electrons. The summed E-state index contributed by atoms with van der Waals surface area (Å²) in [5, 5.41) is 17.8. The number of halogens is 3. The molecule has 0 aromatic heterocycles. The summed E-state index contributed by atoms with van der Waals surface area (Å²) in [5.41, 5.74) is -2.24. The number of benzene rings is 1. The van der Waals surface area contributed by atoms with Crippen LogP contribution in [0.25, 0.3) is 0 Å². The summed E-state index contributed by atoms with van der Waals surface area (Å²) in [6.07, 6.45) is -4.89. The first kappa shape index (κ1) is 10.4. The molecule has 2 N–H and O–H groups in total. The molecular formula is C8H5F3O3. The number of aldehydes is 1. The number of hydrogen-bond donors (Lipinski definition) is 2. The predicted octanol–water partition coefficient (Wildman–Crippen LogP) is 1.93. The third-order valence-electron chi connectivity index (χ3n) is 1.62. The molecule has 0 bridgehead atoms. The lowest BCUT2D eigenvalue weighted by Gasteiger charge is -2.10. The average molecular weight is 206 g/mol. The van der Waals surface area contributed by atoms with Gasteiger partial charge in [-0.2, -0.15) is 13.2 Å². The number of phenols is 2. The highest BCUT2D eigenvalue weighted by atomic mass is 19.4. The van der Waals surface area contributed by atoms with Crippen LogP contribution in [-0.4, -0.2) is 16.5 Å². The summed E-state index contributed by atoms with van der Waals surface area (Å²) < 4.78 is 36.6. The molecule has 0 saturated carbocycles. The number of aromatic hydroxyl groups is 2. The summed E-state index contributed by atoms with van der Waals surface area (Å²) in [6, 6.07) is 1.20. The van der Waals surface area contributed by atoms with Crippen molar-refractivity contribution in [1.82, 2.24) is 0 Å². The van der Waals surface area contributed by atoms with Gasteiger partial charge in [0, 0.05) is 0 Å². The van der Waals surface area contributed by atoms with Crippen molar-refractivity contribution in [2.24, 2.45) is 0 Å². The number of phenolic OH excluding ortho intramolecular Hbond substituents is 2. The molecule has 0 aliphatic heterocycles. The van der Waals surface area contributed by atoms with Crippen LogP contribution in [0.5, 0.6) is 11.5 Å². The van der Waals surface area contributed by atoms with Crippen LogP contribution in [-0.2, 0) is 6.18 Å². The molecule has 0 unspecified atom stereocenters. The van der Waals surface area contributed by atoms with Gasteiger partial charge in [-0.3, -0.25) is 4.79 Å². The van der Waals surface area contributed by atoms with Gasteiger partial charge >= 0.3 is 6.18 Å². The fourth-order valence-corrected chi connectivity index (χ4v) is 0.963.